The number of thioether (sulfide) groups is 1. The van der Waals surface area contributed by atoms with Crippen LogP contribution in [-0.4, -0.2) is 45.6 Å². The Bertz CT molecular complexity index is 1070. The molecule has 1 aromatic heterocycles. The van der Waals surface area contributed by atoms with E-state index in [-0.39, 0.29) is 5.75 Å². The Morgan fingerprint density at radius 3 is 2.39 bits per heavy atom. The minimum Gasteiger partial charge on any atom is -0.496 e. The zero-order valence-electron chi connectivity index (χ0n) is 16.0. The number of para-hydroxylation sites is 2. The predicted molar refractivity (Wildman–Crippen MR) is 106 cm³/mol. The molecule has 0 atom stereocenters. The fourth-order valence-corrected chi connectivity index (χ4v) is 3.29. The molecule has 2 amide bonds. The molecule has 2 aromatic carbocycles. The van der Waals surface area contributed by atoms with Gasteiger partial charge in [0.05, 0.1) is 18.4 Å². The van der Waals surface area contributed by atoms with Gasteiger partial charge in [-0.15, -0.1) is 10.2 Å². The molecule has 0 saturated heterocycles. The van der Waals surface area contributed by atoms with Gasteiger partial charge in [-0.05, 0) is 24.3 Å². The van der Waals surface area contributed by atoms with Crippen molar-refractivity contribution < 1.29 is 27.5 Å². The molecule has 0 aliphatic rings. The van der Waals surface area contributed by atoms with Crippen molar-refractivity contribution in [3.05, 3.63) is 54.6 Å². The Morgan fingerprint density at radius 2 is 1.71 bits per heavy atom. The molecular weight excluding hydrogens is 435 g/mol. The van der Waals surface area contributed by atoms with Gasteiger partial charge in [0.2, 0.25) is 5.91 Å². The van der Waals surface area contributed by atoms with E-state index in [9.17, 15) is 22.8 Å². The maximum Gasteiger partial charge on any atom is 0.472 e. The number of ether oxygens (including phenoxy) is 1. The van der Waals surface area contributed by atoms with E-state index < -0.39 is 18.0 Å². The lowest BCUT2D eigenvalue weighted by molar-refractivity contribution is -0.175. The van der Waals surface area contributed by atoms with Gasteiger partial charge in [-0.3, -0.25) is 25.0 Å². The number of nitrogens with zero attached hydrogens (tertiary/aromatic N) is 3. The van der Waals surface area contributed by atoms with E-state index in [1.54, 1.807) is 28.2 Å². The van der Waals surface area contributed by atoms with Crippen LogP contribution in [0.2, 0.25) is 0 Å². The number of carbonyl (C=O) groups excluding carboxylic acids is 2. The summed E-state index contributed by atoms with van der Waals surface area (Å²) in [4.78, 5) is 22.7. The summed E-state index contributed by atoms with van der Waals surface area (Å²) in [6.07, 6.45) is -5.10. The summed E-state index contributed by atoms with van der Waals surface area (Å²) >= 11 is 0.942. The Hall–Kier alpha value is -3.54. The Kier molecular flexibility index (Phi) is 6.80. The second kappa shape index (κ2) is 9.51. The zero-order valence-corrected chi connectivity index (χ0v) is 16.8. The SMILES string of the molecule is COc1ccccc1-c1nnc(SCC(=O)NNC(=O)C(F)(F)F)n1-c1ccccc1. The molecule has 0 unspecified atom stereocenters. The average Bonchev–Trinajstić information content (AvgIpc) is 3.19. The molecule has 3 aromatic rings. The van der Waals surface area contributed by atoms with Gasteiger partial charge in [0.25, 0.3) is 0 Å². The van der Waals surface area contributed by atoms with E-state index in [4.69, 9.17) is 4.74 Å². The number of hydrogen-bond acceptors (Lipinski definition) is 6. The van der Waals surface area contributed by atoms with Crippen molar-refractivity contribution in [2.45, 2.75) is 11.3 Å². The highest BCUT2D eigenvalue weighted by Crippen LogP contribution is 2.33. The number of halogens is 3. The van der Waals surface area contributed by atoms with Gasteiger partial charge in [0.1, 0.15) is 5.75 Å². The van der Waals surface area contributed by atoms with E-state index in [2.05, 4.69) is 10.2 Å². The summed E-state index contributed by atoms with van der Waals surface area (Å²) in [5, 5.41) is 8.67. The van der Waals surface area contributed by atoms with Gasteiger partial charge in [-0.1, -0.05) is 42.1 Å². The molecule has 12 heteroatoms. The number of alkyl halides is 3. The first-order valence-corrected chi connectivity index (χ1v) is 9.73. The van der Waals surface area contributed by atoms with E-state index in [1.165, 1.54) is 12.5 Å². The quantitative estimate of drug-likeness (QED) is 0.442. The number of carbonyl (C=O) groups is 2. The van der Waals surface area contributed by atoms with Crippen LogP contribution in [0.3, 0.4) is 0 Å². The summed E-state index contributed by atoms with van der Waals surface area (Å²) in [6, 6.07) is 16.3. The van der Waals surface area contributed by atoms with Crippen LogP contribution in [0.15, 0.2) is 59.8 Å². The zero-order chi connectivity index (χ0) is 22.4. The molecule has 0 spiro atoms. The fourth-order valence-electron chi connectivity index (χ4n) is 2.54. The number of hydrogen-bond donors (Lipinski definition) is 2. The van der Waals surface area contributed by atoms with Gasteiger partial charge in [-0.25, -0.2) is 0 Å². The van der Waals surface area contributed by atoms with Crippen LogP contribution in [0.25, 0.3) is 17.1 Å². The highest BCUT2D eigenvalue weighted by Gasteiger charge is 2.38. The number of hydrazine groups is 1. The van der Waals surface area contributed by atoms with E-state index in [0.29, 0.717) is 28.0 Å². The first kappa shape index (κ1) is 22.2. The van der Waals surface area contributed by atoms with Crippen molar-refractivity contribution in [1.82, 2.24) is 25.6 Å². The van der Waals surface area contributed by atoms with Crippen molar-refractivity contribution in [3.8, 4) is 22.8 Å². The molecule has 0 aliphatic carbocycles. The highest BCUT2D eigenvalue weighted by atomic mass is 32.2. The summed E-state index contributed by atoms with van der Waals surface area (Å²) in [5.41, 5.74) is 4.41. The standard InChI is InChI=1S/C19H16F3N5O3S/c1-30-14-10-6-5-9-13(14)16-24-26-18(27(16)12-7-3-2-4-8-12)31-11-15(28)23-25-17(29)19(20,21)22/h2-10H,11H2,1H3,(H,23,28)(H,25,29). The molecule has 2 N–H and O–H groups in total. The molecule has 0 aliphatic heterocycles. The number of methoxy groups -OCH3 is 1. The third-order valence-electron chi connectivity index (χ3n) is 3.90. The molecule has 1 heterocycles. The van der Waals surface area contributed by atoms with E-state index in [0.717, 1.165) is 11.8 Å². The molecule has 0 fully saturated rings. The van der Waals surface area contributed by atoms with Gasteiger partial charge < -0.3 is 4.74 Å². The molecule has 0 radical (unpaired) electrons. The Labute approximate surface area is 178 Å². The summed E-state index contributed by atoms with van der Waals surface area (Å²) in [5.74, 6) is -2.40. The normalized spacial score (nSPS) is 11.1. The van der Waals surface area contributed by atoms with E-state index >= 15 is 0 Å². The Balaban J connectivity index is 1.84. The molecule has 3 rings (SSSR count). The van der Waals surface area contributed by atoms with Crippen molar-refractivity contribution in [3.63, 3.8) is 0 Å². The van der Waals surface area contributed by atoms with Gasteiger partial charge in [-0.2, -0.15) is 13.2 Å². The first-order valence-electron chi connectivity index (χ1n) is 8.74. The Morgan fingerprint density at radius 1 is 1.03 bits per heavy atom. The van der Waals surface area contributed by atoms with Crippen molar-refractivity contribution in [2.24, 2.45) is 0 Å². The highest BCUT2D eigenvalue weighted by molar-refractivity contribution is 7.99. The number of nitrogens with one attached hydrogen (secondary N) is 2. The monoisotopic (exact) mass is 451 g/mol. The van der Waals surface area contributed by atoms with Crippen LogP contribution in [0.5, 0.6) is 5.75 Å². The second-order valence-corrected chi connectivity index (χ2v) is 6.91. The lowest BCUT2D eigenvalue weighted by Gasteiger charge is -2.12. The largest absolute Gasteiger partial charge is 0.496 e. The topological polar surface area (TPSA) is 98.1 Å². The summed E-state index contributed by atoms with van der Waals surface area (Å²) in [7, 11) is 1.53. The van der Waals surface area contributed by atoms with Crippen molar-refractivity contribution >= 4 is 23.6 Å². The minimum absolute atomic E-state index is 0.310. The third kappa shape index (κ3) is 5.34. The predicted octanol–water partition coefficient (Wildman–Crippen LogP) is 2.74. The van der Waals surface area contributed by atoms with Crippen molar-refractivity contribution in [1.29, 1.82) is 0 Å². The van der Waals surface area contributed by atoms with Gasteiger partial charge >= 0.3 is 12.1 Å². The summed E-state index contributed by atoms with van der Waals surface area (Å²) in [6.45, 7) is 0. The number of aromatic nitrogens is 3. The lowest BCUT2D eigenvalue weighted by Crippen LogP contribution is -2.48. The fraction of sp³-hybridized carbons (Fsp3) is 0.158. The number of amides is 2. The van der Waals surface area contributed by atoms with Crippen LogP contribution >= 0.6 is 11.8 Å². The van der Waals surface area contributed by atoms with Gasteiger partial charge in [0.15, 0.2) is 11.0 Å². The van der Waals surface area contributed by atoms with Crippen molar-refractivity contribution in [2.75, 3.05) is 12.9 Å². The average molecular weight is 451 g/mol. The van der Waals surface area contributed by atoms with Gasteiger partial charge in [0, 0.05) is 5.69 Å². The lowest BCUT2D eigenvalue weighted by atomic mass is 10.2. The molecule has 31 heavy (non-hydrogen) atoms. The van der Waals surface area contributed by atoms with Crippen LogP contribution in [0, 0.1) is 0 Å². The smallest absolute Gasteiger partial charge is 0.472 e. The maximum absolute atomic E-state index is 12.2. The molecular formula is C19H16F3N5O3S. The maximum atomic E-state index is 12.2. The minimum atomic E-state index is -5.10. The molecule has 0 saturated carbocycles. The summed E-state index contributed by atoms with van der Waals surface area (Å²) < 4.78 is 43.7. The third-order valence-corrected chi connectivity index (χ3v) is 4.83. The van der Waals surface area contributed by atoms with Crippen LogP contribution < -0.4 is 15.6 Å². The molecule has 0 bridgehead atoms. The van der Waals surface area contributed by atoms with Crippen LogP contribution in [-0.2, 0) is 9.59 Å². The number of rotatable bonds is 6. The second-order valence-electron chi connectivity index (χ2n) is 5.97. The molecule has 8 nitrogen and oxygen atoms in total. The number of benzene rings is 2. The van der Waals surface area contributed by atoms with Crippen LogP contribution in [0.1, 0.15) is 0 Å². The molecule has 162 valence electrons. The van der Waals surface area contributed by atoms with Crippen LogP contribution in [0.4, 0.5) is 13.2 Å². The first-order chi connectivity index (χ1) is 14.8. The van der Waals surface area contributed by atoms with E-state index in [1.807, 2.05) is 36.4 Å².